The molecule has 3 nitrogen and oxygen atoms in total. The minimum absolute atomic E-state index is 0.825. The molecule has 0 saturated carbocycles. The highest BCUT2D eigenvalue weighted by atomic mass is 15.1. The van der Waals surface area contributed by atoms with E-state index in [1.165, 1.54) is 11.1 Å². The van der Waals surface area contributed by atoms with Gasteiger partial charge in [-0.2, -0.15) is 5.26 Å². The summed E-state index contributed by atoms with van der Waals surface area (Å²) in [5.41, 5.74) is 6.50. The lowest BCUT2D eigenvalue weighted by Crippen LogP contribution is -2.31. The molecule has 2 aromatic rings. The number of aromatic nitrogens is 1. The van der Waals surface area contributed by atoms with E-state index in [9.17, 15) is 5.26 Å². The number of likely N-dealkylation sites (N-methyl/N-ethyl adjacent to an activating group) is 1. The van der Waals surface area contributed by atoms with Crippen molar-refractivity contribution in [1.82, 2.24) is 9.88 Å². The number of nitrogens with zero attached hydrogens (tertiary/aromatic N) is 3. The molecule has 3 rings (SSSR count). The molecule has 0 atom stereocenters. The Balaban J connectivity index is 2.29. The average Bonchev–Trinajstić information content (AvgIpc) is 2.46. The van der Waals surface area contributed by atoms with Gasteiger partial charge in [0.2, 0.25) is 0 Å². The molecule has 0 aliphatic carbocycles. The van der Waals surface area contributed by atoms with Gasteiger partial charge >= 0.3 is 0 Å². The zero-order valence-corrected chi connectivity index (χ0v) is 12.3. The van der Waals surface area contributed by atoms with Gasteiger partial charge in [-0.05, 0) is 43.7 Å². The van der Waals surface area contributed by atoms with Crippen LogP contribution in [0.3, 0.4) is 0 Å². The third-order valence-corrected chi connectivity index (χ3v) is 4.39. The number of fused-ring (bicyclic) bond motifs is 2. The standard InChI is InChI=1S/C17H19N3/c1-4-20-6-5-16-15(10-20)14(9-18)13-7-11(2)12(3)8-17(13)19-16/h7-8H,4-6,10H2,1-3H3. The lowest BCUT2D eigenvalue weighted by atomic mass is 9.94. The first-order chi connectivity index (χ1) is 9.63. The Labute approximate surface area is 119 Å². The van der Waals surface area contributed by atoms with Gasteiger partial charge in [0.1, 0.15) is 6.07 Å². The molecule has 1 aliphatic heterocycles. The van der Waals surface area contributed by atoms with Gasteiger partial charge in [0.15, 0.2) is 0 Å². The molecule has 3 heteroatoms. The molecule has 0 fully saturated rings. The van der Waals surface area contributed by atoms with Crippen molar-refractivity contribution < 1.29 is 0 Å². The number of hydrogen-bond donors (Lipinski definition) is 0. The van der Waals surface area contributed by atoms with Crippen LogP contribution in [0.2, 0.25) is 0 Å². The quantitative estimate of drug-likeness (QED) is 0.795. The van der Waals surface area contributed by atoms with Gasteiger partial charge in [0, 0.05) is 36.2 Å². The highest BCUT2D eigenvalue weighted by molar-refractivity contribution is 5.87. The largest absolute Gasteiger partial charge is 0.299 e. The summed E-state index contributed by atoms with van der Waals surface area (Å²) in [7, 11) is 0. The van der Waals surface area contributed by atoms with Crippen molar-refractivity contribution in [3.05, 3.63) is 40.1 Å². The van der Waals surface area contributed by atoms with Crippen LogP contribution in [-0.2, 0) is 13.0 Å². The molecule has 0 bridgehead atoms. The summed E-state index contributed by atoms with van der Waals surface area (Å²) >= 11 is 0. The number of aryl methyl sites for hydroxylation is 2. The van der Waals surface area contributed by atoms with E-state index in [2.05, 4.69) is 43.9 Å². The van der Waals surface area contributed by atoms with E-state index in [-0.39, 0.29) is 0 Å². The van der Waals surface area contributed by atoms with Crippen LogP contribution in [0.15, 0.2) is 12.1 Å². The zero-order chi connectivity index (χ0) is 14.3. The van der Waals surface area contributed by atoms with Crippen molar-refractivity contribution in [2.75, 3.05) is 13.1 Å². The lowest BCUT2D eigenvalue weighted by Gasteiger charge is -2.28. The van der Waals surface area contributed by atoms with Crippen molar-refractivity contribution >= 4 is 10.9 Å². The summed E-state index contributed by atoms with van der Waals surface area (Å²) in [4.78, 5) is 7.19. The van der Waals surface area contributed by atoms with E-state index in [4.69, 9.17) is 4.98 Å². The van der Waals surface area contributed by atoms with Gasteiger partial charge in [-0.15, -0.1) is 0 Å². The number of hydrogen-bond acceptors (Lipinski definition) is 3. The lowest BCUT2D eigenvalue weighted by molar-refractivity contribution is 0.266. The molecule has 102 valence electrons. The highest BCUT2D eigenvalue weighted by Gasteiger charge is 2.21. The molecule has 2 heterocycles. The van der Waals surface area contributed by atoms with Crippen molar-refractivity contribution in [2.45, 2.75) is 33.7 Å². The van der Waals surface area contributed by atoms with Crippen LogP contribution in [0.4, 0.5) is 0 Å². The molecular formula is C17H19N3. The van der Waals surface area contributed by atoms with Gasteiger partial charge < -0.3 is 0 Å². The van der Waals surface area contributed by atoms with E-state index >= 15 is 0 Å². The normalized spacial score (nSPS) is 15.1. The summed E-state index contributed by atoms with van der Waals surface area (Å²) in [5.74, 6) is 0. The minimum atomic E-state index is 0.825. The highest BCUT2D eigenvalue weighted by Crippen LogP contribution is 2.29. The fraction of sp³-hybridized carbons (Fsp3) is 0.412. The number of nitriles is 1. The predicted molar refractivity (Wildman–Crippen MR) is 80.6 cm³/mol. The topological polar surface area (TPSA) is 39.9 Å². The molecule has 0 saturated heterocycles. The Kier molecular flexibility index (Phi) is 3.19. The number of benzene rings is 1. The molecule has 0 N–H and O–H groups in total. The fourth-order valence-electron chi connectivity index (χ4n) is 2.95. The molecule has 1 aromatic carbocycles. The van der Waals surface area contributed by atoms with Crippen LogP contribution in [-0.4, -0.2) is 23.0 Å². The third-order valence-electron chi connectivity index (χ3n) is 4.39. The van der Waals surface area contributed by atoms with Crippen LogP contribution >= 0.6 is 0 Å². The van der Waals surface area contributed by atoms with Crippen molar-refractivity contribution in [1.29, 1.82) is 5.26 Å². The first kappa shape index (κ1) is 13.1. The van der Waals surface area contributed by atoms with Crippen molar-refractivity contribution in [2.24, 2.45) is 0 Å². The van der Waals surface area contributed by atoms with Crippen molar-refractivity contribution in [3.8, 4) is 6.07 Å². The van der Waals surface area contributed by atoms with Crippen LogP contribution in [0.25, 0.3) is 10.9 Å². The Morgan fingerprint density at radius 1 is 1.30 bits per heavy atom. The second kappa shape index (κ2) is 4.88. The second-order valence-electron chi connectivity index (χ2n) is 5.60. The summed E-state index contributed by atoms with van der Waals surface area (Å²) in [6, 6.07) is 6.64. The summed E-state index contributed by atoms with van der Waals surface area (Å²) < 4.78 is 0. The summed E-state index contributed by atoms with van der Waals surface area (Å²) in [6.07, 6.45) is 0.945. The van der Waals surface area contributed by atoms with E-state index in [1.54, 1.807) is 0 Å². The SMILES string of the molecule is CCN1CCc2nc3cc(C)c(C)cc3c(C#N)c2C1. The van der Waals surface area contributed by atoms with Crippen LogP contribution < -0.4 is 0 Å². The van der Waals surface area contributed by atoms with Gasteiger partial charge in [-0.25, -0.2) is 0 Å². The Hall–Kier alpha value is -1.92. The summed E-state index contributed by atoms with van der Waals surface area (Å²) in [6.45, 7) is 9.27. The molecular weight excluding hydrogens is 246 g/mol. The molecule has 0 amide bonds. The Morgan fingerprint density at radius 3 is 2.75 bits per heavy atom. The van der Waals surface area contributed by atoms with Gasteiger partial charge in [-0.1, -0.05) is 6.92 Å². The molecule has 20 heavy (non-hydrogen) atoms. The molecule has 1 aliphatic rings. The van der Waals surface area contributed by atoms with E-state index in [0.717, 1.165) is 53.8 Å². The molecule has 0 spiro atoms. The van der Waals surface area contributed by atoms with Gasteiger partial charge in [0.25, 0.3) is 0 Å². The van der Waals surface area contributed by atoms with Gasteiger partial charge in [0.05, 0.1) is 11.1 Å². The third kappa shape index (κ3) is 1.97. The molecule has 0 unspecified atom stereocenters. The Bertz CT molecular complexity index is 725. The van der Waals surface area contributed by atoms with Crippen LogP contribution in [0.1, 0.15) is 34.9 Å². The zero-order valence-electron chi connectivity index (χ0n) is 12.3. The molecule has 0 radical (unpaired) electrons. The maximum absolute atomic E-state index is 9.61. The van der Waals surface area contributed by atoms with Crippen LogP contribution in [0, 0.1) is 25.2 Å². The second-order valence-corrected chi connectivity index (χ2v) is 5.60. The first-order valence-electron chi connectivity index (χ1n) is 7.19. The fourth-order valence-corrected chi connectivity index (χ4v) is 2.95. The maximum Gasteiger partial charge on any atom is 0.100 e. The maximum atomic E-state index is 9.61. The van der Waals surface area contributed by atoms with Gasteiger partial charge in [-0.3, -0.25) is 9.88 Å². The number of rotatable bonds is 1. The van der Waals surface area contributed by atoms with E-state index < -0.39 is 0 Å². The monoisotopic (exact) mass is 265 g/mol. The Morgan fingerprint density at radius 2 is 2.05 bits per heavy atom. The molecule has 1 aromatic heterocycles. The smallest absolute Gasteiger partial charge is 0.100 e. The van der Waals surface area contributed by atoms with Crippen LogP contribution in [0.5, 0.6) is 0 Å². The predicted octanol–water partition coefficient (Wildman–Crippen LogP) is 3.10. The van der Waals surface area contributed by atoms with E-state index in [0.29, 0.717) is 0 Å². The number of pyridine rings is 1. The minimum Gasteiger partial charge on any atom is -0.299 e. The first-order valence-corrected chi connectivity index (χ1v) is 7.19. The average molecular weight is 265 g/mol. The van der Waals surface area contributed by atoms with E-state index in [1.807, 2.05) is 0 Å². The summed E-state index contributed by atoms with van der Waals surface area (Å²) in [5, 5.41) is 10.6. The van der Waals surface area contributed by atoms with Crippen molar-refractivity contribution in [3.63, 3.8) is 0 Å².